The highest BCUT2D eigenvalue weighted by atomic mass is 19.3. The molecule has 1 fully saturated rings. The van der Waals surface area contributed by atoms with E-state index in [4.69, 9.17) is 0 Å². The van der Waals surface area contributed by atoms with Gasteiger partial charge in [-0.25, -0.2) is 22.5 Å². The van der Waals surface area contributed by atoms with Crippen LogP contribution in [-0.2, 0) is 6.42 Å². The lowest BCUT2D eigenvalue weighted by Crippen LogP contribution is -2.40. The van der Waals surface area contributed by atoms with E-state index >= 15 is 0 Å². The minimum absolute atomic E-state index is 0.187. The molecule has 1 saturated heterocycles. The fourth-order valence-corrected chi connectivity index (χ4v) is 3.80. The van der Waals surface area contributed by atoms with Crippen LogP contribution in [0, 0.1) is 18.6 Å². The van der Waals surface area contributed by atoms with Crippen LogP contribution in [0.5, 0.6) is 0 Å². The molecule has 5 nitrogen and oxygen atoms in total. The van der Waals surface area contributed by atoms with Crippen LogP contribution in [0.15, 0.2) is 30.6 Å². The number of benzene rings is 1. The van der Waals surface area contributed by atoms with Gasteiger partial charge >= 0.3 is 0 Å². The summed E-state index contributed by atoms with van der Waals surface area (Å²) in [7, 11) is 0. The molecule has 1 aliphatic heterocycles. The first-order valence-electron chi connectivity index (χ1n) is 9.71. The van der Waals surface area contributed by atoms with Crippen molar-refractivity contribution in [2.45, 2.75) is 38.3 Å². The van der Waals surface area contributed by atoms with E-state index in [2.05, 4.69) is 15.3 Å². The van der Waals surface area contributed by atoms with Crippen LogP contribution in [0.1, 0.15) is 24.0 Å². The summed E-state index contributed by atoms with van der Waals surface area (Å²) in [5.74, 6) is -3.86. The predicted molar refractivity (Wildman–Crippen MR) is 107 cm³/mol. The quantitative estimate of drug-likeness (QED) is 0.422. The number of pyridine rings is 1. The van der Waals surface area contributed by atoms with Crippen molar-refractivity contribution in [2.75, 3.05) is 23.3 Å². The highest BCUT2D eigenvalue weighted by Crippen LogP contribution is 2.31. The second kappa shape index (κ2) is 7.79. The Balaban J connectivity index is 1.43. The zero-order valence-electron chi connectivity index (χ0n) is 16.4. The topological polar surface area (TPSA) is 64.2 Å². The number of aliphatic hydroxyl groups excluding tert-OH is 1. The molecule has 3 N–H and O–H groups in total. The van der Waals surface area contributed by atoms with Crippen LogP contribution in [0.4, 0.5) is 29.1 Å². The lowest BCUT2D eigenvalue weighted by Gasteiger charge is -2.33. The van der Waals surface area contributed by atoms with Gasteiger partial charge in [0, 0.05) is 56.2 Å². The highest BCUT2D eigenvalue weighted by Gasteiger charge is 2.34. The van der Waals surface area contributed by atoms with E-state index in [1.54, 1.807) is 6.20 Å². The van der Waals surface area contributed by atoms with Gasteiger partial charge in [0.25, 0.3) is 5.92 Å². The van der Waals surface area contributed by atoms with Crippen molar-refractivity contribution >= 4 is 22.4 Å². The number of hydrogen-bond acceptors (Lipinski definition) is 4. The SMILES string of the molecule is Cc1cc(CC(O)Nc2c[nH]c3cc(F)c(F)cc23)cnc1N1CCC(F)(F)CC1. The fraction of sp³-hybridized carbons (Fsp3) is 0.381. The van der Waals surface area contributed by atoms with Crippen molar-refractivity contribution in [3.05, 3.63) is 53.4 Å². The van der Waals surface area contributed by atoms with Crippen LogP contribution in [0.25, 0.3) is 10.9 Å². The minimum Gasteiger partial charge on any atom is -0.373 e. The summed E-state index contributed by atoms with van der Waals surface area (Å²) >= 11 is 0. The summed E-state index contributed by atoms with van der Waals surface area (Å²) in [5, 5.41) is 13.7. The number of halogens is 4. The molecule has 1 unspecified atom stereocenters. The molecule has 0 amide bonds. The number of nitrogens with one attached hydrogen (secondary N) is 2. The lowest BCUT2D eigenvalue weighted by molar-refractivity contribution is -0.0221. The molecular formula is C21H22F4N4O. The Bertz CT molecular complexity index is 1060. The van der Waals surface area contributed by atoms with Crippen molar-refractivity contribution in [3.63, 3.8) is 0 Å². The number of piperidine rings is 1. The van der Waals surface area contributed by atoms with E-state index in [0.29, 0.717) is 22.4 Å². The summed E-state index contributed by atoms with van der Waals surface area (Å²) in [6.07, 6.45) is 2.01. The van der Waals surface area contributed by atoms with E-state index in [0.717, 1.165) is 23.3 Å². The number of aromatic amines is 1. The second-order valence-corrected chi connectivity index (χ2v) is 7.71. The number of rotatable bonds is 5. The molecule has 1 atom stereocenters. The van der Waals surface area contributed by atoms with Gasteiger partial charge in [-0.2, -0.15) is 0 Å². The van der Waals surface area contributed by atoms with Crippen molar-refractivity contribution in [2.24, 2.45) is 0 Å². The fourth-order valence-electron chi connectivity index (χ4n) is 3.80. The lowest BCUT2D eigenvalue weighted by atomic mass is 10.1. The van der Waals surface area contributed by atoms with Gasteiger partial charge in [0.05, 0.1) is 11.2 Å². The van der Waals surface area contributed by atoms with Gasteiger partial charge in [-0.1, -0.05) is 6.07 Å². The third-order valence-corrected chi connectivity index (χ3v) is 5.38. The van der Waals surface area contributed by atoms with Gasteiger partial charge in [-0.3, -0.25) is 0 Å². The molecule has 9 heteroatoms. The normalized spacial score (nSPS) is 17.3. The number of anilines is 2. The number of alkyl halides is 2. The number of nitrogens with zero attached hydrogens (tertiary/aromatic N) is 2. The van der Waals surface area contributed by atoms with Gasteiger partial charge in [0.15, 0.2) is 11.6 Å². The molecular weight excluding hydrogens is 400 g/mol. The van der Waals surface area contributed by atoms with E-state index in [-0.39, 0.29) is 32.4 Å². The Morgan fingerprint density at radius 3 is 2.60 bits per heavy atom. The van der Waals surface area contributed by atoms with Crippen LogP contribution in [0.2, 0.25) is 0 Å². The van der Waals surface area contributed by atoms with Gasteiger partial charge in [0.1, 0.15) is 12.0 Å². The zero-order chi connectivity index (χ0) is 21.5. The summed E-state index contributed by atoms with van der Waals surface area (Å²) in [5.41, 5.74) is 2.47. The molecule has 160 valence electrons. The molecule has 0 spiro atoms. The van der Waals surface area contributed by atoms with Gasteiger partial charge in [-0.15, -0.1) is 0 Å². The molecule has 3 aromatic rings. The zero-order valence-corrected chi connectivity index (χ0v) is 16.4. The van der Waals surface area contributed by atoms with Crippen molar-refractivity contribution in [1.82, 2.24) is 9.97 Å². The molecule has 0 bridgehead atoms. The molecule has 4 rings (SSSR count). The molecule has 1 aliphatic rings. The Hall–Kier alpha value is -2.81. The summed E-state index contributed by atoms with van der Waals surface area (Å²) in [6.45, 7) is 2.36. The van der Waals surface area contributed by atoms with Crippen molar-refractivity contribution in [1.29, 1.82) is 0 Å². The molecule has 0 saturated carbocycles. The highest BCUT2D eigenvalue weighted by molar-refractivity contribution is 5.92. The molecule has 0 aliphatic carbocycles. The number of aliphatic hydroxyl groups is 1. The third kappa shape index (κ3) is 4.21. The molecule has 3 heterocycles. The summed E-state index contributed by atoms with van der Waals surface area (Å²) in [4.78, 5) is 9.10. The summed E-state index contributed by atoms with van der Waals surface area (Å²) in [6, 6.07) is 3.99. The van der Waals surface area contributed by atoms with Crippen LogP contribution >= 0.6 is 0 Å². The Labute approximate surface area is 170 Å². The van der Waals surface area contributed by atoms with Crippen LogP contribution in [-0.4, -0.2) is 40.3 Å². The number of fused-ring (bicyclic) bond motifs is 1. The maximum atomic E-state index is 13.5. The number of aryl methyl sites for hydroxylation is 1. The Morgan fingerprint density at radius 2 is 1.90 bits per heavy atom. The predicted octanol–water partition coefficient (Wildman–Crippen LogP) is 4.36. The second-order valence-electron chi connectivity index (χ2n) is 7.71. The third-order valence-electron chi connectivity index (χ3n) is 5.38. The average Bonchev–Trinajstić information content (AvgIpc) is 3.04. The first-order chi connectivity index (χ1) is 14.2. The maximum Gasteiger partial charge on any atom is 0.251 e. The number of hydrogen-bond donors (Lipinski definition) is 3. The van der Waals surface area contributed by atoms with Gasteiger partial charge < -0.3 is 20.3 Å². The monoisotopic (exact) mass is 422 g/mol. The van der Waals surface area contributed by atoms with E-state index < -0.39 is 23.8 Å². The van der Waals surface area contributed by atoms with E-state index in [9.17, 15) is 22.7 Å². The number of H-pyrrole nitrogens is 1. The van der Waals surface area contributed by atoms with Crippen molar-refractivity contribution < 1.29 is 22.7 Å². The Morgan fingerprint density at radius 1 is 1.20 bits per heavy atom. The van der Waals surface area contributed by atoms with Gasteiger partial charge in [0.2, 0.25) is 0 Å². The molecule has 30 heavy (non-hydrogen) atoms. The summed E-state index contributed by atoms with van der Waals surface area (Å²) < 4.78 is 53.6. The Kier molecular flexibility index (Phi) is 5.31. The molecule has 1 aromatic carbocycles. The maximum absolute atomic E-state index is 13.5. The number of aromatic nitrogens is 2. The first kappa shape index (κ1) is 20.5. The molecule has 2 aromatic heterocycles. The smallest absolute Gasteiger partial charge is 0.251 e. The average molecular weight is 422 g/mol. The molecule has 0 radical (unpaired) electrons. The minimum atomic E-state index is -2.61. The van der Waals surface area contributed by atoms with Crippen molar-refractivity contribution in [3.8, 4) is 0 Å². The van der Waals surface area contributed by atoms with E-state index in [1.807, 2.05) is 17.9 Å². The van der Waals surface area contributed by atoms with Crippen LogP contribution < -0.4 is 10.2 Å². The largest absolute Gasteiger partial charge is 0.373 e. The van der Waals surface area contributed by atoms with E-state index in [1.165, 1.54) is 6.20 Å². The van der Waals surface area contributed by atoms with Crippen LogP contribution in [0.3, 0.4) is 0 Å². The first-order valence-corrected chi connectivity index (χ1v) is 9.71. The standard InChI is InChI=1S/C21H22F4N4O/c1-12-6-13(10-27-20(12)29-4-2-21(24,25)3-5-29)7-19(30)28-18-11-26-17-9-16(23)15(22)8-14(17)18/h6,8-11,19,26,28,30H,2-5,7H2,1H3. The van der Waals surface area contributed by atoms with Gasteiger partial charge in [-0.05, 0) is 24.1 Å².